The number of hydrogen-bond acceptors (Lipinski definition) is 4. The van der Waals surface area contributed by atoms with Crippen LogP contribution in [0.25, 0.3) is 11.3 Å². The Bertz CT molecular complexity index is 1310. The van der Waals surface area contributed by atoms with Gasteiger partial charge in [0, 0.05) is 48.7 Å². The highest BCUT2D eigenvalue weighted by atomic mass is 19.4. The largest absolute Gasteiger partial charge is 0.416 e. The topological polar surface area (TPSA) is 64.8 Å². The molecule has 0 unspecified atom stereocenters. The van der Waals surface area contributed by atoms with Gasteiger partial charge in [-0.3, -0.25) is 19.1 Å². The molecule has 0 N–H and O–H groups in total. The number of benzene rings is 1. The summed E-state index contributed by atoms with van der Waals surface area (Å²) in [4.78, 5) is 34.3. The zero-order valence-electron chi connectivity index (χ0n) is 19.6. The average Bonchev–Trinajstić information content (AvgIpc) is 3.61. The number of halogens is 6. The second-order valence-electron chi connectivity index (χ2n) is 9.26. The zero-order chi connectivity index (χ0) is 26.8. The molecule has 2 aromatic heterocycles. The number of hydrogen-bond donors (Lipinski definition) is 0. The number of ketones is 1. The molecular formula is C26H23F6N3O2. The first-order chi connectivity index (χ1) is 17.4. The Hall–Kier alpha value is -3.50. The Morgan fingerprint density at radius 1 is 1.03 bits per heavy atom. The van der Waals surface area contributed by atoms with E-state index in [0.717, 1.165) is 53.3 Å². The minimum Gasteiger partial charge on any atom is -0.298 e. The third-order valence-electron chi connectivity index (χ3n) is 6.45. The van der Waals surface area contributed by atoms with Crippen molar-refractivity contribution in [2.75, 3.05) is 0 Å². The number of carbonyl (C=O) groups is 1. The van der Waals surface area contributed by atoms with E-state index in [-0.39, 0.29) is 54.1 Å². The smallest absolute Gasteiger partial charge is 0.298 e. The Kier molecular flexibility index (Phi) is 7.25. The Morgan fingerprint density at radius 2 is 1.73 bits per heavy atom. The summed E-state index contributed by atoms with van der Waals surface area (Å²) in [6.45, 7) is -0.359. The maximum Gasteiger partial charge on any atom is 0.416 e. The van der Waals surface area contributed by atoms with Gasteiger partial charge in [0.25, 0.3) is 5.56 Å². The minimum atomic E-state index is -4.55. The molecule has 0 atom stereocenters. The number of rotatable bonds is 9. The van der Waals surface area contributed by atoms with Crippen molar-refractivity contribution in [1.29, 1.82) is 0 Å². The van der Waals surface area contributed by atoms with Gasteiger partial charge in [-0.25, -0.2) is 4.98 Å². The molecule has 0 radical (unpaired) electrons. The van der Waals surface area contributed by atoms with E-state index in [1.165, 1.54) is 0 Å². The molecule has 0 saturated heterocycles. The van der Waals surface area contributed by atoms with Crippen molar-refractivity contribution < 1.29 is 31.1 Å². The molecule has 1 saturated carbocycles. The quantitative estimate of drug-likeness (QED) is 0.328. The molecule has 1 aliphatic carbocycles. The fourth-order valence-corrected chi connectivity index (χ4v) is 4.34. The standard InChI is InChI=1S/C26H23F6N3O2/c27-25(28,29)9-1-4-22-34-21(17-5-7-18(8-6-17)26(30,31)32)13-23(37)35(22)16-20(36)14-24(10-11-24)19-3-2-12-33-15-19/h2-3,5-8,12-13,15H,1,4,9-11,14,16H2. The van der Waals surface area contributed by atoms with Gasteiger partial charge in [-0.1, -0.05) is 18.2 Å². The van der Waals surface area contributed by atoms with Gasteiger partial charge in [-0.2, -0.15) is 26.3 Å². The van der Waals surface area contributed by atoms with Crippen molar-refractivity contribution in [3.8, 4) is 11.3 Å². The van der Waals surface area contributed by atoms with Crippen molar-refractivity contribution in [1.82, 2.24) is 14.5 Å². The van der Waals surface area contributed by atoms with E-state index < -0.39 is 29.9 Å². The molecule has 5 nitrogen and oxygen atoms in total. The molecular weight excluding hydrogens is 500 g/mol. The molecule has 11 heteroatoms. The summed E-state index contributed by atoms with van der Waals surface area (Å²) in [5, 5.41) is 0. The second-order valence-corrected chi connectivity index (χ2v) is 9.26. The van der Waals surface area contributed by atoms with Crippen LogP contribution in [0.1, 0.15) is 49.1 Å². The lowest BCUT2D eigenvalue weighted by atomic mass is 9.91. The van der Waals surface area contributed by atoms with Gasteiger partial charge < -0.3 is 0 Å². The van der Waals surface area contributed by atoms with Gasteiger partial charge in [0.15, 0.2) is 5.78 Å². The lowest BCUT2D eigenvalue weighted by Gasteiger charge is -2.17. The van der Waals surface area contributed by atoms with Crippen molar-refractivity contribution in [2.45, 2.75) is 62.8 Å². The summed E-state index contributed by atoms with van der Waals surface area (Å²) in [5.41, 5.74) is -0.766. The van der Waals surface area contributed by atoms with Crippen LogP contribution in [0.3, 0.4) is 0 Å². The van der Waals surface area contributed by atoms with E-state index >= 15 is 0 Å². The number of pyridine rings is 1. The first-order valence-electron chi connectivity index (χ1n) is 11.6. The van der Waals surface area contributed by atoms with Gasteiger partial charge in [0.05, 0.1) is 17.8 Å². The number of Topliss-reactive ketones (excluding diaryl/α,β-unsaturated/α-hetero) is 1. The van der Waals surface area contributed by atoms with Crippen molar-refractivity contribution in [3.63, 3.8) is 0 Å². The molecule has 0 amide bonds. The molecule has 1 fully saturated rings. The zero-order valence-corrected chi connectivity index (χ0v) is 19.6. The van der Waals surface area contributed by atoms with Crippen LogP contribution in [0, 0.1) is 0 Å². The van der Waals surface area contributed by atoms with Crippen LogP contribution in [0.15, 0.2) is 59.7 Å². The maximum atomic E-state index is 13.0. The van der Waals surface area contributed by atoms with Gasteiger partial charge in [-0.15, -0.1) is 0 Å². The highest BCUT2D eigenvalue weighted by molar-refractivity contribution is 5.80. The lowest BCUT2D eigenvalue weighted by Crippen LogP contribution is -2.30. The summed E-state index contributed by atoms with van der Waals surface area (Å²) >= 11 is 0. The highest BCUT2D eigenvalue weighted by Crippen LogP contribution is 2.51. The summed E-state index contributed by atoms with van der Waals surface area (Å²) in [5.74, 6) is -0.296. The second kappa shape index (κ2) is 10.1. The number of alkyl halides is 6. The van der Waals surface area contributed by atoms with Crippen molar-refractivity contribution >= 4 is 5.78 Å². The van der Waals surface area contributed by atoms with Crippen LogP contribution < -0.4 is 5.56 Å². The third kappa shape index (κ3) is 6.64. The predicted molar refractivity (Wildman–Crippen MR) is 123 cm³/mol. The van der Waals surface area contributed by atoms with Crippen LogP contribution in [0.2, 0.25) is 0 Å². The molecule has 3 aromatic rings. The Labute approximate surface area is 208 Å². The molecule has 0 spiro atoms. The summed E-state index contributed by atoms with van der Waals surface area (Å²) in [7, 11) is 0. The normalized spacial score (nSPS) is 15.0. The molecule has 0 aliphatic heterocycles. The number of nitrogens with zero attached hydrogens (tertiary/aromatic N) is 3. The van der Waals surface area contributed by atoms with Crippen molar-refractivity contribution in [3.05, 3.63) is 82.2 Å². The van der Waals surface area contributed by atoms with Crippen LogP contribution in [0.5, 0.6) is 0 Å². The van der Waals surface area contributed by atoms with E-state index in [4.69, 9.17) is 0 Å². The van der Waals surface area contributed by atoms with E-state index in [0.29, 0.717) is 0 Å². The third-order valence-corrected chi connectivity index (χ3v) is 6.45. The van der Waals surface area contributed by atoms with Gasteiger partial charge in [0.2, 0.25) is 0 Å². The Morgan fingerprint density at radius 3 is 2.30 bits per heavy atom. The van der Waals surface area contributed by atoms with Gasteiger partial charge >= 0.3 is 12.4 Å². The summed E-state index contributed by atoms with van der Waals surface area (Å²) in [6, 6.07) is 8.69. The highest BCUT2D eigenvalue weighted by Gasteiger charge is 2.45. The Balaban J connectivity index is 1.60. The minimum absolute atomic E-state index is 0.0220. The first kappa shape index (κ1) is 26.6. The number of aryl methyl sites for hydroxylation is 1. The first-order valence-corrected chi connectivity index (χ1v) is 11.6. The predicted octanol–water partition coefficient (Wildman–Crippen LogP) is 5.90. The van der Waals surface area contributed by atoms with Crippen LogP contribution >= 0.6 is 0 Å². The van der Waals surface area contributed by atoms with Crippen LogP contribution in [-0.2, 0) is 29.4 Å². The molecule has 37 heavy (non-hydrogen) atoms. The SMILES string of the molecule is O=C(Cn1c(CCCC(F)(F)F)nc(-c2ccc(C(F)(F)F)cc2)cc1=O)CC1(c2cccnc2)CC1. The van der Waals surface area contributed by atoms with Gasteiger partial charge in [-0.05, 0) is 43.0 Å². The molecule has 196 valence electrons. The number of carbonyl (C=O) groups excluding carboxylic acids is 1. The molecule has 2 heterocycles. The van der Waals surface area contributed by atoms with Crippen molar-refractivity contribution in [2.24, 2.45) is 0 Å². The summed E-state index contributed by atoms with van der Waals surface area (Å²) < 4.78 is 78.0. The average molecular weight is 523 g/mol. The maximum absolute atomic E-state index is 13.0. The fraction of sp³-hybridized carbons (Fsp3) is 0.385. The van der Waals surface area contributed by atoms with Gasteiger partial charge in [0.1, 0.15) is 5.82 Å². The van der Waals surface area contributed by atoms with E-state index in [1.807, 2.05) is 6.07 Å². The molecule has 0 bridgehead atoms. The van der Waals surface area contributed by atoms with E-state index in [2.05, 4.69) is 9.97 Å². The van der Waals surface area contributed by atoms with E-state index in [9.17, 15) is 35.9 Å². The lowest BCUT2D eigenvalue weighted by molar-refractivity contribution is -0.137. The van der Waals surface area contributed by atoms with Crippen LogP contribution in [0.4, 0.5) is 26.3 Å². The van der Waals surface area contributed by atoms with E-state index in [1.54, 1.807) is 18.5 Å². The molecule has 4 rings (SSSR count). The molecule has 1 aliphatic rings. The monoisotopic (exact) mass is 523 g/mol. The summed E-state index contributed by atoms with van der Waals surface area (Å²) in [6.07, 6.45) is -5.63. The molecule has 1 aromatic carbocycles. The number of aromatic nitrogens is 3. The van der Waals surface area contributed by atoms with Crippen LogP contribution in [-0.4, -0.2) is 26.5 Å². The fourth-order valence-electron chi connectivity index (χ4n) is 4.34.